The van der Waals surface area contributed by atoms with Crippen LogP contribution < -0.4 is 10.1 Å². The third kappa shape index (κ3) is 4.96. The Bertz CT molecular complexity index is 409. The quantitative estimate of drug-likeness (QED) is 0.872. The van der Waals surface area contributed by atoms with Gasteiger partial charge in [-0.2, -0.15) is 0 Å². The largest absolute Gasteiger partial charge is 0.497 e. The summed E-state index contributed by atoms with van der Waals surface area (Å²) in [6.45, 7) is 9.49. The molecule has 2 atom stereocenters. The molecule has 3 nitrogen and oxygen atoms in total. The van der Waals surface area contributed by atoms with Gasteiger partial charge in [-0.3, -0.25) is 4.21 Å². The van der Waals surface area contributed by atoms with Gasteiger partial charge in [0.1, 0.15) is 5.75 Å². The molecule has 1 rings (SSSR count). The van der Waals surface area contributed by atoms with Gasteiger partial charge in [-0.1, -0.05) is 27.7 Å². The monoisotopic (exact) mass is 283 g/mol. The van der Waals surface area contributed by atoms with Gasteiger partial charge >= 0.3 is 0 Å². The lowest BCUT2D eigenvalue weighted by molar-refractivity contribution is 0.294. The van der Waals surface area contributed by atoms with E-state index in [-0.39, 0.29) is 11.5 Å². The minimum Gasteiger partial charge on any atom is -0.497 e. The molecular formula is C15H25NO2S. The fourth-order valence-corrected chi connectivity index (χ4v) is 3.39. The zero-order chi connectivity index (χ0) is 14.5. The van der Waals surface area contributed by atoms with Crippen molar-refractivity contribution in [1.29, 1.82) is 0 Å². The van der Waals surface area contributed by atoms with Gasteiger partial charge in [-0.05, 0) is 36.2 Å². The minimum atomic E-state index is -0.990. The average Bonchev–Trinajstić information content (AvgIpc) is 2.37. The third-order valence-corrected chi connectivity index (χ3v) is 4.57. The molecule has 1 aromatic rings. The van der Waals surface area contributed by atoms with E-state index in [9.17, 15) is 4.21 Å². The van der Waals surface area contributed by atoms with Crippen LogP contribution in [0.25, 0.3) is 0 Å². The maximum Gasteiger partial charge on any atom is 0.118 e. The molecule has 0 aliphatic carbocycles. The lowest BCUT2D eigenvalue weighted by Gasteiger charge is -2.31. The first-order valence-corrected chi connectivity index (χ1v) is 7.96. The second kappa shape index (κ2) is 7.06. The first-order valence-electron chi connectivity index (χ1n) is 6.64. The molecule has 0 aromatic heterocycles. The van der Waals surface area contributed by atoms with E-state index < -0.39 is 10.8 Å². The Labute approximate surface area is 119 Å². The molecule has 0 fully saturated rings. The summed E-state index contributed by atoms with van der Waals surface area (Å²) in [4.78, 5) is 0.855. The van der Waals surface area contributed by atoms with Crippen molar-refractivity contribution in [1.82, 2.24) is 5.32 Å². The molecule has 108 valence electrons. The number of benzene rings is 1. The summed E-state index contributed by atoms with van der Waals surface area (Å²) in [6, 6.07) is 7.70. The second-order valence-electron chi connectivity index (χ2n) is 5.66. The molecule has 19 heavy (non-hydrogen) atoms. The van der Waals surface area contributed by atoms with Gasteiger partial charge in [-0.25, -0.2) is 0 Å². The number of rotatable bonds is 6. The molecule has 1 N–H and O–H groups in total. The molecule has 0 amide bonds. The summed E-state index contributed by atoms with van der Waals surface area (Å²) in [6.07, 6.45) is 0. The van der Waals surface area contributed by atoms with Gasteiger partial charge < -0.3 is 10.1 Å². The molecule has 0 saturated heterocycles. The van der Waals surface area contributed by atoms with E-state index in [4.69, 9.17) is 4.74 Å². The lowest BCUT2D eigenvalue weighted by atomic mass is 9.88. The smallest absolute Gasteiger partial charge is 0.118 e. The zero-order valence-corrected chi connectivity index (χ0v) is 13.3. The van der Waals surface area contributed by atoms with Crippen LogP contribution >= 0.6 is 0 Å². The van der Waals surface area contributed by atoms with E-state index in [1.54, 1.807) is 7.11 Å². The number of ether oxygens (including phenoxy) is 1. The molecule has 1 aromatic carbocycles. The van der Waals surface area contributed by atoms with Gasteiger partial charge in [0, 0.05) is 16.7 Å². The Morgan fingerprint density at radius 2 is 1.84 bits per heavy atom. The SMILES string of the molecule is CCNC(CS(=O)c1ccc(OC)cc1)C(C)(C)C. The third-order valence-electron chi connectivity index (χ3n) is 3.14. The van der Waals surface area contributed by atoms with Crippen molar-refractivity contribution < 1.29 is 8.95 Å². The van der Waals surface area contributed by atoms with Crippen LogP contribution in [0.5, 0.6) is 5.75 Å². The summed E-state index contributed by atoms with van der Waals surface area (Å²) >= 11 is 0. The first-order chi connectivity index (χ1) is 8.88. The first kappa shape index (κ1) is 16.2. The van der Waals surface area contributed by atoms with Crippen molar-refractivity contribution in [2.45, 2.75) is 38.6 Å². The van der Waals surface area contributed by atoms with Crippen molar-refractivity contribution in [3.8, 4) is 5.75 Å². The summed E-state index contributed by atoms with van der Waals surface area (Å²) in [5.74, 6) is 1.42. The molecule has 0 bridgehead atoms. The van der Waals surface area contributed by atoms with Crippen LogP contribution in [0.15, 0.2) is 29.2 Å². The Morgan fingerprint density at radius 3 is 2.26 bits per heavy atom. The summed E-state index contributed by atoms with van der Waals surface area (Å²) in [5.41, 5.74) is 0.0954. The van der Waals surface area contributed by atoms with E-state index in [0.717, 1.165) is 17.2 Å². The lowest BCUT2D eigenvalue weighted by Crippen LogP contribution is -2.44. The molecule has 2 unspecified atom stereocenters. The number of hydrogen-bond acceptors (Lipinski definition) is 3. The predicted octanol–water partition coefficient (Wildman–Crippen LogP) is 2.83. The van der Waals surface area contributed by atoms with Crippen LogP contribution in [0.2, 0.25) is 0 Å². The Kier molecular flexibility index (Phi) is 6.01. The number of hydrogen-bond donors (Lipinski definition) is 1. The highest BCUT2D eigenvalue weighted by atomic mass is 32.2. The maximum atomic E-state index is 12.4. The summed E-state index contributed by atoms with van der Waals surface area (Å²) in [5, 5.41) is 3.43. The molecule has 4 heteroatoms. The topological polar surface area (TPSA) is 38.3 Å². The van der Waals surface area contributed by atoms with Gasteiger partial charge in [0.25, 0.3) is 0 Å². The zero-order valence-electron chi connectivity index (χ0n) is 12.5. The Morgan fingerprint density at radius 1 is 1.26 bits per heavy atom. The molecule has 0 aliphatic heterocycles. The van der Waals surface area contributed by atoms with Crippen molar-refractivity contribution >= 4 is 10.8 Å². The van der Waals surface area contributed by atoms with Crippen LogP contribution in [0.1, 0.15) is 27.7 Å². The predicted molar refractivity (Wildman–Crippen MR) is 81.2 cm³/mol. The highest BCUT2D eigenvalue weighted by Gasteiger charge is 2.25. The molecule has 0 spiro atoms. The summed E-state index contributed by atoms with van der Waals surface area (Å²) < 4.78 is 17.5. The summed E-state index contributed by atoms with van der Waals surface area (Å²) in [7, 11) is 0.642. The van der Waals surface area contributed by atoms with Crippen LogP contribution in [0.3, 0.4) is 0 Å². The molecule has 0 heterocycles. The minimum absolute atomic E-state index is 0.0954. The van der Waals surface area contributed by atoms with Crippen molar-refractivity contribution in [3.63, 3.8) is 0 Å². The van der Waals surface area contributed by atoms with Crippen LogP contribution in [-0.4, -0.2) is 29.7 Å². The van der Waals surface area contributed by atoms with Crippen LogP contribution in [0.4, 0.5) is 0 Å². The van der Waals surface area contributed by atoms with E-state index >= 15 is 0 Å². The second-order valence-corrected chi connectivity index (χ2v) is 7.16. The van der Waals surface area contributed by atoms with Gasteiger partial charge in [0.05, 0.1) is 17.9 Å². The fraction of sp³-hybridized carbons (Fsp3) is 0.600. The van der Waals surface area contributed by atoms with Crippen molar-refractivity contribution in [3.05, 3.63) is 24.3 Å². The molecule has 0 saturated carbocycles. The average molecular weight is 283 g/mol. The van der Waals surface area contributed by atoms with Crippen LogP contribution in [0, 0.1) is 5.41 Å². The standard InChI is InChI=1S/C15H25NO2S/c1-6-16-14(15(2,3)4)11-19(17)13-9-7-12(18-5)8-10-13/h7-10,14,16H,6,11H2,1-5H3. The fourth-order valence-electron chi connectivity index (χ4n) is 1.84. The Hall–Kier alpha value is -0.870. The van der Waals surface area contributed by atoms with E-state index in [0.29, 0.717) is 5.75 Å². The number of methoxy groups -OCH3 is 1. The van der Waals surface area contributed by atoms with Crippen molar-refractivity contribution in [2.75, 3.05) is 19.4 Å². The maximum absolute atomic E-state index is 12.4. The highest BCUT2D eigenvalue weighted by molar-refractivity contribution is 7.85. The van der Waals surface area contributed by atoms with E-state index in [2.05, 4.69) is 33.0 Å². The molecule has 0 aliphatic rings. The van der Waals surface area contributed by atoms with E-state index in [1.807, 2.05) is 24.3 Å². The molecular weight excluding hydrogens is 258 g/mol. The van der Waals surface area contributed by atoms with Gasteiger partial charge in [-0.15, -0.1) is 0 Å². The normalized spacial score (nSPS) is 15.0. The van der Waals surface area contributed by atoms with Gasteiger partial charge in [0.2, 0.25) is 0 Å². The van der Waals surface area contributed by atoms with Crippen molar-refractivity contribution in [2.24, 2.45) is 5.41 Å². The Balaban J connectivity index is 2.75. The molecule has 0 radical (unpaired) electrons. The van der Waals surface area contributed by atoms with E-state index in [1.165, 1.54) is 0 Å². The number of nitrogens with one attached hydrogen (secondary N) is 1. The van der Waals surface area contributed by atoms with Crippen LogP contribution in [-0.2, 0) is 10.8 Å². The van der Waals surface area contributed by atoms with Gasteiger partial charge in [0.15, 0.2) is 0 Å². The highest BCUT2D eigenvalue weighted by Crippen LogP contribution is 2.22.